The zero-order valence-electron chi connectivity index (χ0n) is 12.3. The molecule has 1 fully saturated rings. The number of hydrogen-bond acceptors (Lipinski definition) is 1. The zero-order chi connectivity index (χ0) is 14.9. The molecule has 1 aliphatic rings. The third-order valence-electron chi connectivity index (χ3n) is 4.77. The Labute approximate surface area is 125 Å². The van der Waals surface area contributed by atoms with Gasteiger partial charge < -0.3 is 5.11 Å². The highest BCUT2D eigenvalue weighted by atomic mass is 19.1. The second kappa shape index (κ2) is 5.61. The molecule has 110 valence electrons. The molecule has 0 aromatic heterocycles. The Morgan fingerprint density at radius 1 is 1.14 bits per heavy atom. The van der Waals surface area contributed by atoms with Crippen molar-refractivity contribution in [2.24, 2.45) is 0 Å². The highest BCUT2D eigenvalue weighted by molar-refractivity contribution is 5.43. The molecule has 0 spiro atoms. The Morgan fingerprint density at radius 3 is 2.52 bits per heavy atom. The zero-order valence-corrected chi connectivity index (χ0v) is 12.3. The SMILES string of the molecule is CCC(O)(c1cccc(F)c1)c1ccccc1C1CCC1. The third kappa shape index (κ3) is 2.49. The molecule has 0 saturated heterocycles. The van der Waals surface area contributed by atoms with E-state index < -0.39 is 5.60 Å². The molecule has 21 heavy (non-hydrogen) atoms. The lowest BCUT2D eigenvalue weighted by Gasteiger charge is -2.35. The Hall–Kier alpha value is -1.67. The summed E-state index contributed by atoms with van der Waals surface area (Å²) in [4.78, 5) is 0. The first-order chi connectivity index (χ1) is 10.1. The van der Waals surface area contributed by atoms with E-state index in [1.54, 1.807) is 6.07 Å². The predicted molar refractivity (Wildman–Crippen MR) is 82.7 cm³/mol. The standard InChI is InChI=1S/C19H21FO/c1-2-19(21,15-9-6-10-16(20)13-15)18-12-4-3-11-17(18)14-7-5-8-14/h3-4,6,9-14,21H,2,5,7-8H2,1H3. The molecule has 2 aromatic carbocycles. The average Bonchev–Trinajstić information content (AvgIpc) is 2.45. The second-order valence-corrected chi connectivity index (χ2v) is 5.94. The van der Waals surface area contributed by atoms with Crippen molar-refractivity contribution in [3.63, 3.8) is 0 Å². The number of benzene rings is 2. The molecule has 2 heteroatoms. The maximum absolute atomic E-state index is 13.6. The van der Waals surface area contributed by atoms with Gasteiger partial charge >= 0.3 is 0 Å². The van der Waals surface area contributed by atoms with Crippen molar-refractivity contribution in [2.75, 3.05) is 0 Å². The van der Waals surface area contributed by atoms with Crippen LogP contribution in [-0.4, -0.2) is 5.11 Å². The molecule has 2 aromatic rings. The summed E-state index contributed by atoms with van der Waals surface area (Å²) in [5, 5.41) is 11.3. The van der Waals surface area contributed by atoms with Crippen LogP contribution in [0.25, 0.3) is 0 Å². The molecule has 0 heterocycles. The molecule has 0 radical (unpaired) electrons. The summed E-state index contributed by atoms with van der Waals surface area (Å²) in [6.45, 7) is 1.95. The fraction of sp³-hybridized carbons (Fsp3) is 0.368. The maximum Gasteiger partial charge on any atom is 0.123 e. The van der Waals surface area contributed by atoms with E-state index in [9.17, 15) is 9.50 Å². The van der Waals surface area contributed by atoms with Crippen LogP contribution in [0.4, 0.5) is 4.39 Å². The Kier molecular flexibility index (Phi) is 3.81. The lowest BCUT2D eigenvalue weighted by molar-refractivity contribution is 0.0742. The molecule has 1 saturated carbocycles. The first-order valence-electron chi connectivity index (χ1n) is 7.73. The molecular formula is C19H21FO. The lowest BCUT2D eigenvalue weighted by Crippen LogP contribution is -2.29. The second-order valence-electron chi connectivity index (χ2n) is 5.94. The topological polar surface area (TPSA) is 20.2 Å². The fourth-order valence-electron chi connectivity index (χ4n) is 3.24. The fourth-order valence-corrected chi connectivity index (χ4v) is 3.24. The van der Waals surface area contributed by atoms with Gasteiger partial charge in [0.15, 0.2) is 0 Å². The van der Waals surface area contributed by atoms with Crippen LogP contribution in [0.3, 0.4) is 0 Å². The van der Waals surface area contributed by atoms with Crippen LogP contribution in [0.2, 0.25) is 0 Å². The van der Waals surface area contributed by atoms with Crippen LogP contribution >= 0.6 is 0 Å². The minimum absolute atomic E-state index is 0.305. The number of halogens is 1. The van der Waals surface area contributed by atoms with Gasteiger partial charge in [0.05, 0.1) is 0 Å². The normalized spacial score (nSPS) is 18.0. The van der Waals surface area contributed by atoms with Gasteiger partial charge in [-0.15, -0.1) is 0 Å². The van der Waals surface area contributed by atoms with E-state index in [1.165, 1.54) is 37.0 Å². The molecule has 1 atom stereocenters. The van der Waals surface area contributed by atoms with Crippen molar-refractivity contribution in [1.29, 1.82) is 0 Å². The van der Waals surface area contributed by atoms with Crippen molar-refractivity contribution >= 4 is 0 Å². The Morgan fingerprint density at radius 2 is 1.90 bits per heavy atom. The summed E-state index contributed by atoms with van der Waals surface area (Å²) in [6, 6.07) is 14.4. The minimum atomic E-state index is -1.12. The number of hydrogen-bond donors (Lipinski definition) is 1. The van der Waals surface area contributed by atoms with Crippen molar-refractivity contribution in [3.05, 3.63) is 71.0 Å². The van der Waals surface area contributed by atoms with E-state index in [-0.39, 0.29) is 5.82 Å². The van der Waals surface area contributed by atoms with E-state index in [0.717, 1.165) is 5.56 Å². The van der Waals surface area contributed by atoms with E-state index in [4.69, 9.17) is 0 Å². The van der Waals surface area contributed by atoms with Gasteiger partial charge in [-0.3, -0.25) is 0 Å². The van der Waals surface area contributed by atoms with Gasteiger partial charge in [0.2, 0.25) is 0 Å². The minimum Gasteiger partial charge on any atom is -0.380 e. The molecule has 1 unspecified atom stereocenters. The third-order valence-corrected chi connectivity index (χ3v) is 4.77. The van der Waals surface area contributed by atoms with Gasteiger partial charge in [0.1, 0.15) is 11.4 Å². The van der Waals surface area contributed by atoms with Crippen molar-refractivity contribution < 1.29 is 9.50 Å². The lowest BCUT2D eigenvalue weighted by atomic mass is 9.73. The van der Waals surface area contributed by atoms with Crippen molar-refractivity contribution in [3.8, 4) is 0 Å². The van der Waals surface area contributed by atoms with Crippen molar-refractivity contribution in [2.45, 2.75) is 44.1 Å². The summed E-state index contributed by atoms with van der Waals surface area (Å²) >= 11 is 0. The van der Waals surface area contributed by atoms with Crippen LogP contribution in [0.1, 0.15) is 55.2 Å². The smallest absolute Gasteiger partial charge is 0.123 e. The molecule has 1 N–H and O–H groups in total. The van der Waals surface area contributed by atoms with Gasteiger partial charge in [0.25, 0.3) is 0 Å². The van der Waals surface area contributed by atoms with Gasteiger partial charge in [-0.05, 0) is 54.0 Å². The monoisotopic (exact) mass is 284 g/mol. The Balaban J connectivity index is 2.11. The summed E-state index contributed by atoms with van der Waals surface area (Å²) in [5.41, 5.74) is 1.67. The molecule has 3 rings (SSSR count). The molecular weight excluding hydrogens is 263 g/mol. The average molecular weight is 284 g/mol. The summed E-state index contributed by atoms with van der Waals surface area (Å²) < 4.78 is 13.6. The van der Waals surface area contributed by atoms with Gasteiger partial charge in [-0.2, -0.15) is 0 Å². The molecule has 0 bridgehead atoms. The quantitative estimate of drug-likeness (QED) is 0.860. The van der Waals surface area contributed by atoms with Gasteiger partial charge in [-0.25, -0.2) is 4.39 Å². The van der Waals surface area contributed by atoms with Crippen LogP contribution in [0.15, 0.2) is 48.5 Å². The van der Waals surface area contributed by atoms with Crippen LogP contribution < -0.4 is 0 Å². The molecule has 0 aliphatic heterocycles. The van der Waals surface area contributed by atoms with Crippen LogP contribution in [0.5, 0.6) is 0 Å². The first kappa shape index (κ1) is 14.3. The first-order valence-corrected chi connectivity index (χ1v) is 7.73. The van der Waals surface area contributed by atoms with Crippen molar-refractivity contribution in [1.82, 2.24) is 0 Å². The maximum atomic E-state index is 13.6. The molecule has 1 aliphatic carbocycles. The number of aliphatic hydroxyl groups is 1. The molecule has 1 nitrogen and oxygen atoms in total. The van der Waals surface area contributed by atoms with E-state index >= 15 is 0 Å². The summed E-state index contributed by atoms with van der Waals surface area (Å²) in [5.74, 6) is 0.230. The van der Waals surface area contributed by atoms with E-state index in [1.807, 2.05) is 31.2 Å². The van der Waals surface area contributed by atoms with E-state index in [2.05, 4.69) is 6.07 Å². The highest BCUT2D eigenvalue weighted by Gasteiger charge is 2.34. The molecule has 0 amide bonds. The predicted octanol–water partition coefficient (Wildman–Crippen LogP) is 4.74. The van der Waals surface area contributed by atoms with Crippen LogP contribution in [0, 0.1) is 5.82 Å². The summed E-state index contributed by atoms with van der Waals surface area (Å²) in [7, 11) is 0. The summed E-state index contributed by atoms with van der Waals surface area (Å²) in [6.07, 6.45) is 4.14. The Bertz CT molecular complexity index is 633. The van der Waals surface area contributed by atoms with Gasteiger partial charge in [-0.1, -0.05) is 49.7 Å². The van der Waals surface area contributed by atoms with Crippen LogP contribution in [-0.2, 0) is 5.60 Å². The van der Waals surface area contributed by atoms with E-state index in [0.29, 0.717) is 17.9 Å². The highest BCUT2D eigenvalue weighted by Crippen LogP contribution is 2.43. The van der Waals surface area contributed by atoms with Gasteiger partial charge in [0, 0.05) is 0 Å². The number of rotatable bonds is 4. The largest absolute Gasteiger partial charge is 0.380 e.